The van der Waals surface area contributed by atoms with E-state index in [9.17, 15) is 14.0 Å². The van der Waals surface area contributed by atoms with E-state index in [0.717, 1.165) is 24.9 Å². The lowest BCUT2D eigenvalue weighted by Gasteiger charge is -2.32. The highest BCUT2D eigenvalue weighted by atomic mass is 35.5. The second-order valence-corrected chi connectivity index (χ2v) is 8.23. The minimum Gasteiger partial charge on any atom is -0.387 e. The molecule has 0 radical (unpaired) electrons. The lowest BCUT2D eigenvalue weighted by molar-refractivity contribution is -0.104. The maximum absolute atomic E-state index is 14.2. The maximum Gasteiger partial charge on any atom is 0.347 e. The number of hydrogen-bond donors (Lipinski definition) is 3. The molecule has 1 saturated heterocycles. The zero-order chi connectivity index (χ0) is 23.8. The van der Waals surface area contributed by atoms with Crippen LogP contribution in [-0.2, 0) is 11.3 Å². The van der Waals surface area contributed by atoms with Gasteiger partial charge in [0.25, 0.3) is 0 Å². The number of amides is 2. The molecule has 2 aromatic rings. The standard InChI is InChI=1S/C24H27ClFN5O2/c1-28-22-16(7-4-12-32)5-2-8-21(22)29-24(33)30-23(27)18-6-3-11-31(15-18)14-17-9-10-19(25)13-20(17)26/h2,4-5,7-10,12-13,18,28H,3,6,11,14-15H2,1H3,(H3,27,29,30,33)/b7-4-. The van der Waals surface area contributed by atoms with E-state index in [-0.39, 0.29) is 17.6 Å². The number of rotatable bonds is 7. The minimum absolute atomic E-state index is 0.106. The molecule has 1 aliphatic heterocycles. The van der Waals surface area contributed by atoms with Crippen LogP contribution in [0.4, 0.5) is 20.6 Å². The van der Waals surface area contributed by atoms with Crippen molar-refractivity contribution < 1.29 is 14.0 Å². The first kappa shape index (κ1) is 24.4. The molecule has 2 aromatic carbocycles. The molecule has 9 heteroatoms. The average Bonchev–Trinajstić information content (AvgIpc) is 2.79. The van der Waals surface area contributed by atoms with Gasteiger partial charge in [0, 0.05) is 36.6 Å². The number of piperidine rings is 1. The largest absolute Gasteiger partial charge is 0.387 e. The van der Waals surface area contributed by atoms with Gasteiger partial charge in [-0.2, -0.15) is 4.99 Å². The van der Waals surface area contributed by atoms with Crippen LogP contribution in [-0.4, -0.2) is 43.2 Å². The van der Waals surface area contributed by atoms with Gasteiger partial charge in [0.1, 0.15) is 17.9 Å². The predicted molar refractivity (Wildman–Crippen MR) is 131 cm³/mol. The monoisotopic (exact) mass is 471 g/mol. The van der Waals surface area contributed by atoms with Crippen LogP contribution in [0, 0.1) is 11.7 Å². The Labute approximate surface area is 197 Å². The van der Waals surface area contributed by atoms with Crippen molar-refractivity contribution in [2.75, 3.05) is 30.8 Å². The van der Waals surface area contributed by atoms with Gasteiger partial charge in [-0.15, -0.1) is 0 Å². The Balaban J connectivity index is 1.66. The van der Waals surface area contributed by atoms with Crippen LogP contribution in [0.1, 0.15) is 24.0 Å². The van der Waals surface area contributed by atoms with E-state index in [0.29, 0.717) is 41.3 Å². The van der Waals surface area contributed by atoms with Gasteiger partial charge in [-0.3, -0.25) is 9.69 Å². The van der Waals surface area contributed by atoms with Crippen molar-refractivity contribution in [1.29, 1.82) is 0 Å². The number of halogens is 2. The summed E-state index contributed by atoms with van der Waals surface area (Å²) in [5, 5.41) is 6.13. The Bertz CT molecular complexity index is 1070. The van der Waals surface area contributed by atoms with Crippen LogP contribution >= 0.6 is 11.6 Å². The molecule has 0 spiro atoms. The fraction of sp³-hybridized carbons (Fsp3) is 0.292. The number of nitrogens with two attached hydrogens (primary N) is 1. The number of carbonyl (C=O) groups excluding carboxylic acids is 2. The zero-order valence-corrected chi connectivity index (χ0v) is 19.1. The number of anilines is 2. The number of benzene rings is 2. The van der Waals surface area contributed by atoms with E-state index in [1.54, 1.807) is 37.4 Å². The quantitative estimate of drug-likeness (QED) is 0.238. The minimum atomic E-state index is -0.582. The summed E-state index contributed by atoms with van der Waals surface area (Å²) >= 11 is 5.84. The molecular formula is C24H27ClFN5O2. The summed E-state index contributed by atoms with van der Waals surface area (Å²) in [7, 11) is 1.72. The van der Waals surface area contributed by atoms with Gasteiger partial charge in [0.2, 0.25) is 0 Å². The number of allylic oxidation sites excluding steroid dienone is 1. The van der Waals surface area contributed by atoms with Crippen LogP contribution in [0.25, 0.3) is 6.08 Å². The summed E-state index contributed by atoms with van der Waals surface area (Å²) in [4.78, 5) is 29.3. The van der Waals surface area contributed by atoms with Crippen LogP contribution < -0.4 is 16.4 Å². The van der Waals surface area contributed by atoms with Crippen molar-refractivity contribution in [3.05, 3.63) is 64.4 Å². The number of para-hydroxylation sites is 1. The van der Waals surface area contributed by atoms with Gasteiger partial charge >= 0.3 is 6.03 Å². The van der Waals surface area contributed by atoms with Crippen LogP contribution in [0.3, 0.4) is 0 Å². The number of aldehydes is 1. The Kier molecular flexibility index (Phi) is 8.57. The smallest absolute Gasteiger partial charge is 0.347 e. The van der Waals surface area contributed by atoms with Gasteiger partial charge in [-0.1, -0.05) is 29.8 Å². The Morgan fingerprint density at radius 3 is 2.91 bits per heavy atom. The third-order valence-corrected chi connectivity index (χ3v) is 5.74. The number of nitrogens with one attached hydrogen (secondary N) is 2. The van der Waals surface area contributed by atoms with E-state index in [1.807, 2.05) is 6.07 Å². The number of amidine groups is 1. The molecule has 1 heterocycles. The van der Waals surface area contributed by atoms with Crippen LogP contribution in [0.5, 0.6) is 0 Å². The molecule has 4 N–H and O–H groups in total. The fourth-order valence-corrected chi connectivity index (χ4v) is 4.08. The molecule has 1 fully saturated rings. The zero-order valence-electron chi connectivity index (χ0n) is 18.4. The molecule has 1 atom stereocenters. The second kappa shape index (κ2) is 11.6. The van der Waals surface area contributed by atoms with Crippen molar-refractivity contribution in [3.63, 3.8) is 0 Å². The number of likely N-dealkylation sites (tertiary alicyclic amines) is 1. The molecule has 3 rings (SSSR count). The number of aliphatic imine (C=N–C) groups is 1. The molecule has 0 saturated carbocycles. The Hall–Kier alpha value is -3.23. The van der Waals surface area contributed by atoms with Crippen LogP contribution in [0.2, 0.25) is 5.02 Å². The molecule has 0 aliphatic carbocycles. The predicted octanol–water partition coefficient (Wildman–Crippen LogP) is 4.53. The highest BCUT2D eigenvalue weighted by molar-refractivity contribution is 6.30. The fourth-order valence-electron chi connectivity index (χ4n) is 3.92. The van der Waals surface area contributed by atoms with Gasteiger partial charge < -0.3 is 16.4 Å². The first-order chi connectivity index (χ1) is 15.9. The second-order valence-electron chi connectivity index (χ2n) is 7.79. The van der Waals surface area contributed by atoms with Gasteiger partial charge in [0.15, 0.2) is 0 Å². The summed E-state index contributed by atoms with van der Waals surface area (Å²) in [5.74, 6) is -0.196. The van der Waals surface area contributed by atoms with Crippen molar-refractivity contribution in [3.8, 4) is 0 Å². The molecule has 1 aliphatic rings. The van der Waals surface area contributed by atoms with Crippen molar-refractivity contribution in [2.24, 2.45) is 16.6 Å². The van der Waals surface area contributed by atoms with Crippen LogP contribution in [0.15, 0.2) is 47.5 Å². The first-order valence-corrected chi connectivity index (χ1v) is 11.0. The lowest BCUT2D eigenvalue weighted by Crippen LogP contribution is -2.41. The number of urea groups is 1. The van der Waals surface area contributed by atoms with Gasteiger partial charge in [0.05, 0.1) is 11.4 Å². The van der Waals surface area contributed by atoms with Gasteiger partial charge in [-0.05, 0) is 55.3 Å². The van der Waals surface area contributed by atoms with E-state index in [2.05, 4.69) is 20.5 Å². The summed E-state index contributed by atoms with van der Waals surface area (Å²) in [5.41, 5.74) is 8.68. The lowest BCUT2D eigenvalue weighted by atomic mass is 9.96. The van der Waals surface area contributed by atoms with Crippen molar-refractivity contribution in [2.45, 2.75) is 19.4 Å². The molecule has 0 aromatic heterocycles. The molecule has 0 bridgehead atoms. The number of hydrogen-bond acceptors (Lipinski definition) is 4. The molecule has 2 amide bonds. The maximum atomic E-state index is 14.2. The highest BCUT2D eigenvalue weighted by Gasteiger charge is 2.24. The summed E-state index contributed by atoms with van der Waals surface area (Å²) in [6, 6.07) is 9.40. The average molecular weight is 472 g/mol. The summed E-state index contributed by atoms with van der Waals surface area (Å²) in [6.45, 7) is 1.83. The molecule has 33 heavy (non-hydrogen) atoms. The topological polar surface area (TPSA) is 99.8 Å². The van der Waals surface area contributed by atoms with E-state index < -0.39 is 6.03 Å². The van der Waals surface area contributed by atoms with E-state index in [1.165, 1.54) is 12.1 Å². The molecular weight excluding hydrogens is 445 g/mol. The Morgan fingerprint density at radius 1 is 1.36 bits per heavy atom. The highest BCUT2D eigenvalue weighted by Crippen LogP contribution is 2.27. The SMILES string of the molecule is CNc1c(/C=C\C=O)cccc1NC(=O)/N=C(\N)C1CCCN(Cc2ccc(Cl)cc2F)C1. The third-order valence-electron chi connectivity index (χ3n) is 5.51. The number of nitrogens with zero attached hydrogens (tertiary/aromatic N) is 2. The summed E-state index contributed by atoms with van der Waals surface area (Å²) < 4.78 is 14.2. The summed E-state index contributed by atoms with van der Waals surface area (Å²) in [6.07, 6.45) is 5.38. The molecule has 1 unspecified atom stereocenters. The van der Waals surface area contributed by atoms with E-state index in [4.69, 9.17) is 17.3 Å². The van der Waals surface area contributed by atoms with Crippen molar-refractivity contribution in [1.82, 2.24) is 4.90 Å². The van der Waals surface area contributed by atoms with Crippen molar-refractivity contribution >= 4 is 47.2 Å². The number of carbonyl (C=O) groups is 2. The Morgan fingerprint density at radius 2 is 2.18 bits per heavy atom. The molecule has 174 valence electrons. The molecule has 7 nitrogen and oxygen atoms in total. The van der Waals surface area contributed by atoms with Gasteiger partial charge in [-0.25, -0.2) is 9.18 Å². The third kappa shape index (κ3) is 6.63. The first-order valence-electron chi connectivity index (χ1n) is 10.6. The normalized spacial score (nSPS) is 17.2. The van der Waals surface area contributed by atoms with E-state index >= 15 is 0 Å².